The SMILES string of the molecule is Cc1nn(C)c(C)c1[C@H]1OCC[C@@H]1N[C@H](C)CCn1cncn1. The summed E-state index contributed by atoms with van der Waals surface area (Å²) in [5.74, 6) is 0. The second kappa shape index (κ2) is 6.80. The molecule has 1 saturated heterocycles. The highest BCUT2D eigenvalue weighted by molar-refractivity contribution is 5.29. The highest BCUT2D eigenvalue weighted by Crippen LogP contribution is 2.33. The van der Waals surface area contributed by atoms with Gasteiger partial charge in [0.15, 0.2) is 0 Å². The molecule has 0 bridgehead atoms. The van der Waals surface area contributed by atoms with E-state index in [0.29, 0.717) is 12.1 Å². The van der Waals surface area contributed by atoms with Crippen LogP contribution >= 0.6 is 0 Å². The number of hydrogen-bond donors (Lipinski definition) is 1. The summed E-state index contributed by atoms with van der Waals surface area (Å²) in [6, 6.07) is 0.730. The molecule has 0 unspecified atom stereocenters. The Morgan fingerprint density at radius 3 is 2.91 bits per heavy atom. The van der Waals surface area contributed by atoms with Crippen LogP contribution in [0.5, 0.6) is 0 Å². The van der Waals surface area contributed by atoms with Crippen molar-refractivity contribution in [1.82, 2.24) is 29.9 Å². The lowest BCUT2D eigenvalue weighted by molar-refractivity contribution is 0.0953. The smallest absolute Gasteiger partial charge is 0.137 e. The molecule has 0 amide bonds. The number of nitrogens with one attached hydrogen (secondary N) is 1. The first-order chi connectivity index (χ1) is 11.1. The topological polar surface area (TPSA) is 69.8 Å². The number of aryl methyl sites for hydroxylation is 3. The number of rotatable bonds is 6. The Hall–Kier alpha value is -1.73. The Morgan fingerprint density at radius 1 is 1.43 bits per heavy atom. The molecule has 7 heteroatoms. The largest absolute Gasteiger partial charge is 0.372 e. The van der Waals surface area contributed by atoms with Gasteiger partial charge in [0.05, 0.1) is 5.69 Å². The Labute approximate surface area is 137 Å². The number of nitrogens with zero attached hydrogens (tertiary/aromatic N) is 5. The summed E-state index contributed by atoms with van der Waals surface area (Å²) in [6.45, 7) is 8.07. The number of ether oxygens (including phenoxy) is 1. The molecule has 0 aliphatic carbocycles. The average Bonchev–Trinajstić information content (AvgIpc) is 3.21. The van der Waals surface area contributed by atoms with E-state index in [1.807, 2.05) is 16.4 Å². The molecule has 0 saturated carbocycles. The molecule has 1 aliphatic rings. The Morgan fingerprint density at radius 2 is 2.26 bits per heavy atom. The molecule has 126 valence electrons. The maximum absolute atomic E-state index is 6.03. The molecule has 1 N–H and O–H groups in total. The lowest BCUT2D eigenvalue weighted by Gasteiger charge is -2.24. The predicted octanol–water partition coefficient (Wildman–Crippen LogP) is 1.53. The molecular weight excluding hydrogens is 292 g/mol. The Balaban J connectivity index is 1.62. The summed E-state index contributed by atoms with van der Waals surface area (Å²) in [5, 5.41) is 12.4. The molecular formula is C16H26N6O. The summed E-state index contributed by atoms with van der Waals surface area (Å²) in [7, 11) is 1.99. The van der Waals surface area contributed by atoms with Crippen molar-refractivity contribution in [3.8, 4) is 0 Å². The summed E-state index contributed by atoms with van der Waals surface area (Å²) in [4.78, 5) is 3.98. The van der Waals surface area contributed by atoms with E-state index in [1.165, 1.54) is 11.3 Å². The van der Waals surface area contributed by atoms with Gasteiger partial charge in [-0.1, -0.05) is 0 Å². The van der Waals surface area contributed by atoms with Crippen LogP contribution in [-0.4, -0.2) is 43.2 Å². The van der Waals surface area contributed by atoms with Gasteiger partial charge in [-0.25, -0.2) is 4.98 Å². The van der Waals surface area contributed by atoms with E-state index in [1.54, 1.807) is 12.7 Å². The molecule has 1 fully saturated rings. The third-order valence-electron chi connectivity index (χ3n) is 4.70. The zero-order valence-electron chi connectivity index (χ0n) is 14.4. The fraction of sp³-hybridized carbons (Fsp3) is 0.688. The van der Waals surface area contributed by atoms with E-state index < -0.39 is 0 Å². The Bertz CT molecular complexity index is 635. The third kappa shape index (κ3) is 3.45. The highest BCUT2D eigenvalue weighted by Gasteiger charge is 2.34. The van der Waals surface area contributed by atoms with Gasteiger partial charge in [0.25, 0.3) is 0 Å². The summed E-state index contributed by atoms with van der Waals surface area (Å²) in [6.07, 6.45) is 5.48. The zero-order chi connectivity index (χ0) is 16.4. The molecule has 23 heavy (non-hydrogen) atoms. The molecule has 7 nitrogen and oxygen atoms in total. The van der Waals surface area contributed by atoms with E-state index >= 15 is 0 Å². The minimum Gasteiger partial charge on any atom is -0.372 e. The van der Waals surface area contributed by atoms with Gasteiger partial charge in [-0.05, 0) is 33.6 Å². The van der Waals surface area contributed by atoms with Crippen LogP contribution < -0.4 is 5.32 Å². The average molecular weight is 318 g/mol. The van der Waals surface area contributed by atoms with Gasteiger partial charge in [0.1, 0.15) is 18.8 Å². The van der Waals surface area contributed by atoms with Crippen LogP contribution in [0.4, 0.5) is 0 Å². The van der Waals surface area contributed by atoms with E-state index in [0.717, 1.165) is 31.7 Å². The number of hydrogen-bond acceptors (Lipinski definition) is 5. The van der Waals surface area contributed by atoms with Gasteiger partial charge in [-0.15, -0.1) is 0 Å². The minimum atomic E-state index is 0.0949. The summed E-state index contributed by atoms with van der Waals surface area (Å²) >= 11 is 0. The van der Waals surface area contributed by atoms with E-state index in [9.17, 15) is 0 Å². The molecule has 0 radical (unpaired) electrons. The summed E-state index contributed by atoms with van der Waals surface area (Å²) < 4.78 is 9.85. The van der Waals surface area contributed by atoms with Crippen molar-refractivity contribution < 1.29 is 4.74 Å². The molecule has 2 aromatic rings. The van der Waals surface area contributed by atoms with Gasteiger partial charge >= 0.3 is 0 Å². The second-order valence-electron chi connectivity index (χ2n) is 6.41. The van der Waals surface area contributed by atoms with E-state index in [4.69, 9.17) is 4.74 Å². The summed E-state index contributed by atoms with van der Waals surface area (Å²) in [5.41, 5.74) is 3.50. The Kier molecular flexibility index (Phi) is 4.77. The van der Waals surface area contributed by atoms with Crippen molar-refractivity contribution in [2.45, 2.75) is 58.3 Å². The molecule has 3 atom stereocenters. The van der Waals surface area contributed by atoms with Crippen molar-refractivity contribution in [2.24, 2.45) is 7.05 Å². The van der Waals surface area contributed by atoms with Gasteiger partial charge in [0.2, 0.25) is 0 Å². The van der Waals surface area contributed by atoms with Crippen molar-refractivity contribution in [1.29, 1.82) is 0 Å². The van der Waals surface area contributed by atoms with Crippen LogP contribution in [0.2, 0.25) is 0 Å². The monoisotopic (exact) mass is 318 g/mol. The third-order valence-corrected chi connectivity index (χ3v) is 4.70. The van der Waals surface area contributed by atoms with Crippen LogP contribution in [0.15, 0.2) is 12.7 Å². The first kappa shape index (κ1) is 16.1. The van der Waals surface area contributed by atoms with Crippen molar-refractivity contribution in [3.63, 3.8) is 0 Å². The first-order valence-corrected chi connectivity index (χ1v) is 8.26. The van der Waals surface area contributed by atoms with Gasteiger partial charge < -0.3 is 10.1 Å². The van der Waals surface area contributed by atoms with Crippen LogP contribution in [0.25, 0.3) is 0 Å². The second-order valence-corrected chi connectivity index (χ2v) is 6.41. The molecule has 0 aromatic carbocycles. The van der Waals surface area contributed by atoms with E-state index in [-0.39, 0.29) is 6.10 Å². The quantitative estimate of drug-likeness (QED) is 0.874. The van der Waals surface area contributed by atoms with Crippen molar-refractivity contribution in [2.75, 3.05) is 6.61 Å². The fourth-order valence-corrected chi connectivity index (χ4v) is 3.37. The van der Waals surface area contributed by atoms with Crippen LogP contribution in [0.3, 0.4) is 0 Å². The van der Waals surface area contributed by atoms with Crippen LogP contribution in [0.1, 0.15) is 42.8 Å². The van der Waals surface area contributed by atoms with Crippen LogP contribution in [-0.2, 0) is 18.3 Å². The van der Waals surface area contributed by atoms with Crippen molar-refractivity contribution >= 4 is 0 Å². The van der Waals surface area contributed by atoms with Crippen molar-refractivity contribution in [3.05, 3.63) is 29.6 Å². The minimum absolute atomic E-state index is 0.0949. The number of aromatic nitrogens is 5. The molecule has 0 spiro atoms. The normalized spacial score (nSPS) is 22.6. The molecule has 3 rings (SSSR count). The van der Waals surface area contributed by atoms with Gasteiger partial charge in [0, 0.05) is 43.5 Å². The van der Waals surface area contributed by atoms with E-state index in [2.05, 4.69) is 41.3 Å². The maximum atomic E-state index is 6.03. The zero-order valence-corrected chi connectivity index (χ0v) is 14.4. The van der Waals surface area contributed by atoms with Crippen LogP contribution in [0, 0.1) is 13.8 Å². The maximum Gasteiger partial charge on any atom is 0.137 e. The molecule has 1 aliphatic heterocycles. The lowest BCUT2D eigenvalue weighted by Crippen LogP contribution is -2.39. The standard InChI is InChI=1S/C16H26N6O/c1-11(5-7-22-10-17-9-18-22)19-14-6-8-23-16(14)15-12(2)20-21(4)13(15)3/h9-11,14,16,19H,5-8H2,1-4H3/t11-,14+,16+/m1/s1. The first-order valence-electron chi connectivity index (χ1n) is 8.26. The van der Waals surface area contributed by atoms with Gasteiger partial charge in [-0.2, -0.15) is 10.2 Å². The molecule has 2 aromatic heterocycles. The molecule has 3 heterocycles. The van der Waals surface area contributed by atoms with Gasteiger partial charge in [-0.3, -0.25) is 9.36 Å². The predicted molar refractivity (Wildman–Crippen MR) is 87.0 cm³/mol. The lowest BCUT2D eigenvalue weighted by atomic mass is 9.99. The fourth-order valence-electron chi connectivity index (χ4n) is 3.37. The highest BCUT2D eigenvalue weighted by atomic mass is 16.5.